The fourth-order valence-corrected chi connectivity index (χ4v) is 3.05. The molecule has 3 nitrogen and oxygen atoms in total. The first kappa shape index (κ1) is 14.9. The van der Waals surface area contributed by atoms with Crippen LogP contribution < -0.4 is 5.32 Å². The first-order chi connectivity index (χ1) is 10.6. The van der Waals surface area contributed by atoms with Crippen LogP contribution in [0.4, 0.5) is 5.69 Å². The summed E-state index contributed by atoms with van der Waals surface area (Å²) in [5.74, 6) is -0.156. The van der Waals surface area contributed by atoms with Crippen LogP contribution in [0, 0.1) is 6.92 Å². The first-order valence-corrected chi connectivity index (χ1v) is 7.92. The Kier molecular flexibility index (Phi) is 4.32. The number of hydrogen-bond acceptors (Lipinski definition) is 3. The van der Waals surface area contributed by atoms with Gasteiger partial charge in [0.15, 0.2) is 5.17 Å². The van der Waals surface area contributed by atoms with E-state index in [4.69, 9.17) is 11.6 Å². The zero-order chi connectivity index (χ0) is 15.5. The number of amides is 1. The number of carbonyl (C=O) groups is 1. The van der Waals surface area contributed by atoms with Gasteiger partial charge in [0.05, 0.1) is 10.6 Å². The second kappa shape index (κ2) is 6.38. The van der Waals surface area contributed by atoms with Crippen molar-refractivity contribution in [3.8, 4) is 0 Å². The Morgan fingerprint density at radius 2 is 2.00 bits per heavy atom. The van der Waals surface area contributed by atoms with Gasteiger partial charge in [0.1, 0.15) is 0 Å². The number of nitrogens with one attached hydrogen (secondary N) is 1. The van der Waals surface area contributed by atoms with Crippen molar-refractivity contribution >= 4 is 46.2 Å². The number of halogens is 1. The van der Waals surface area contributed by atoms with Crippen molar-refractivity contribution in [2.45, 2.75) is 6.92 Å². The molecular weight excluding hydrogens is 316 g/mol. The molecule has 0 aliphatic carbocycles. The average molecular weight is 329 g/mol. The van der Waals surface area contributed by atoms with Crippen LogP contribution in [0.15, 0.2) is 58.4 Å². The van der Waals surface area contributed by atoms with Crippen molar-refractivity contribution in [2.75, 3.05) is 0 Å². The zero-order valence-electron chi connectivity index (χ0n) is 11.8. The van der Waals surface area contributed by atoms with Gasteiger partial charge in [-0.25, -0.2) is 4.99 Å². The van der Waals surface area contributed by atoms with E-state index < -0.39 is 0 Å². The molecule has 0 saturated carbocycles. The van der Waals surface area contributed by atoms with E-state index in [0.29, 0.717) is 15.1 Å². The molecular formula is C17H13ClN2OS. The lowest BCUT2D eigenvalue weighted by molar-refractivity contribution is -0.115. The van der Waals surface area contributed by atoms with Gasteiger partial charge in [-0.05, 0) is 54.1 Å². The maximum Gasteiger partial charge on any atom is 0.264 e. The number of rotatable bonds is 2. The first-order valence-electron chi connectivity index (χ1n) is 6.72. The van der Waals surface area contributed by atoms with Crippen LogP contribution in [-0.2, 0) is 4.79 Å². The third kappa shape index (κ3) is 3.40. The summed E-state index contributed by atoms with van der Waals surface area (Å²) in [6, 6.07) is 15.2. The Morgan fingerprint density at radius 3 is 2.77 bits per heavy atom. The van der Waals surface area contributed by atoms with Gasteiger partial charge in [-0.2, -0.15) is 0 Å². The van der Waals surface area contributed by atoms with Crippen LogP contribution in [-0.4, -0.2) is 11.1 Å². The average Bonchev–Trinajstić information content (AvgIpc) is 2.81. The highest BCUT2D eigenvalue weighted by atomic mass is 35.5. The predicted octanol–water partition coefficient (Wildman–Crippen LogP) is 4.54. The van der Waals surface area contributed by atoms with Crippen molar-refractivity contribution in [2.24, 2.45) is 4.99 Å². The summed E-state index contributed by atoms with van der Waals surface area (Å²) in [7, 11) is 0. The molecule has 0 radical (unpaired) electrons. The van der Waals surface area contributed by atoms with Crippen molar-refractivity contribution in [3.05, 3.63) is 69.6 Å². The second-order valence-electron chi connectivity index (χ2n) is 4.84. The van der Waals surface area contributed by atoms with Gasteiger partial charge in [-0.15, -0.1) is 0 Å². The minimum Gasteiger partial charge on any atom is -0.300 e. The fraction of sp³-hybridized carbons (Fsp3) is 0.0588. The SMILES string of the molecule is Cc1cccc(N=C2NC(=O)/C(=C\c3ccccc3Cl)S2)c1. The topological polar surface area (TPSA) is 41.5 Å². The second-order valence-corrected chi connectivity index (χ2v) is 6.28. The number of nitrogens with zero attached hydrogens (tertiary/aromatic N) is 1. The van der Waals surface area contributed by atoms with Gasteiger partial charge in [0, 0.05) is 5.02 Å². The standard InChI is InChI=1S/C17H13ClN2OS/c1-11-5-4-7-13(9-11)19-17-20-16(21)15(22-17)10-12-6-2-3-8-14(12)18/h2-10H,1H3,(H,19,20,21)/b15-10+. The lowest BCUT2D eigenvalue weighted by Crippen LogP contribution is -2.19. The van der Waals surface area contributed by atoms with Crippen LogP contribution in [0.3, 0.4) is 0 Å². The van der Waals surface area contributed by atoms with Crippen LogP contribution in [0.25, 0.3) is 6.08 Å². The number of benzene rings is 2. The van der Waals surface area contributed by atoms with Crippen LogP contribution >= 0.6 is 23.4 Å². The summed E-state index contributed by atoms with van der Waals surface area (Å²) in [6.07, 6.45) is 1.78. The molecule has 0 unspecified atom stereocenters. The summed E-state index contributed by atoms with van der Waals surface area (Å²) in [5.41, 5.74) is 2.77. The monoisotopic (exact) mass is 328 g/mol. The number of carbonyl (C=O) groups excluding carboxylic acids is 1. The number of thioether (sulfide) groups is 1. The molecule has 0 spiro atoms. The third-order valence-electron chi connectivity index (χ3n) is 3.08. The molecule has 1 fully saturated rings. The van der Waals surface area contributed by atoms with Crippen molar-refractivity contribution < 1.29 is 4.79 Å². The summed E-state index contributed by atoms with van der Waals surface area (Å²) in [5, 5.41) is 3.97. The molecule has 1 aliphatic heterocycles. The molecule has 1 aliphatic rings. The molecule has 1 amide bonds. The van der Waals surface area contributed by atoms with Crippen molar-refractivity contribution in [1.82, 2.24) is 5.32 Å². The summed E-state index contributed by atoms with van der Waals surface area (Å²) in [4.78, 5) is 17.1. The van der Waals surface area contributed by atoms with Gasteiger partial charge in [-0.1, -0.05) is 41.9 Å². The summed E-state index contributed by atoms with van der Waals surface area (Å²) < 4.78 is 0. The molecule has 110 valence electrons. The van der Waals surface area contributed by atoms with Crippen LogP contribution in [0.5, 0.6) is 0 Å². The number of aryl methyl sites for hydroxylation is 1. The molecule has 1 heterocycles. The van der Waals surface area contributed by atoms with E-state index in [2.05, 4.69) is 10.3 Å². The Balaban J connectivity index is 1.86. The van der Waals surface area contributed by atoms with E-state index in [1.165, 1.54) is 11.8 Å². The Labute approximate surface area is 138 Å². The molecule has 0 aromatic heterocycles. The maximum atomic E-state index is 12.0. The lowest BCUT2D eigenvalue weighted by atomic mass is 10.2. The van der Waals surface area contributed by atoms with E-state index in [9.17, 15) is 4.79 Å². The minimum absolute atomic E-state index is 0.156. The highest BCUT2D eigenvalue weighted by Gasteiger charge is 2.24. The molecule has 2 aromatic rings. The van der Waals surface area contributed by atoms with E-state index in [1.54, 1.807) is 12.1 Å². The highest BCUT2D eigenvalue weighted by Crippen LogP contribution is 2.29. The van der Waals surface area contributed by atoms with E-state index >= 15 is 0 Å². The molecule has 22 heavy (non-hydrogen) atoms. The molecule has 1 N–H and O–H groups in total. The third-order valence-corrected chi connectivity index (χ3v) is 4.33. The lowest BCUT2D eigenvalue weighted by Gasteiger charge is -1.98. The van der Waals surface area contributed by atoms with Crippen molar-refractivity contribution in [1.29, 1.82) is 0 Å². The Morgan fingerprint density at radius 1 is 1.18 bits per heavy atom. The molecule has 0 bridgehead atoms. The minimum atomic E-state index is -0.156. The van der Waals surface area contributed by atoms with Gasteiger partial charge in [0.2, 0.25) is 0 Å². The largest absolute Gasteiger partial charge is 0.300 e. The maximum absolute atomic E-state index is 12.0. The molecule has 2 aromatic carbocycles. The van der Waals surface area contributed by atoms with E-state index in [0.717, 1.165) is 16.8 Å². The predicted molar refractivity (Wildman–Crippen MR) is 93.4 cm³/mol. The normalized spacial score (nSPS) is 18.0. The molecule has 5 heteroatoms. The van der Waals surface area contributed by atoms with E-state index in [-0.39, 0.29) is 5.91 Å². The Hall–Kier alpha value is -2.04. The van der Waals surface area contributed by atoms with Crippen LogP contribution in [0.1, 0.15) is 11.1 Å². The van der Waals surface area contributed by atoms with Gasteiger partial charge >= 0.3 is 0 Å². The molecule has 3 rings (SSSR count). The molecule has 1 saturated heterocycles. The van der Waals surface area contributed by atoms with Crippen LogP contribution in [0.2, 0.25) is 5.02 Å². The number of aliphatic imine (C=N–C) groups is 1. The van der Waals surface area contributed by atoms with Gasteiger partial charge in [-0.3, -0.25) is 4.79 Å². The highest BCUT2D eigenvalue weighted by molar-refractivity contribution is 8.18. The van der Waals surface area contributed by atoms with Gasteiger partial charge < -0.3 is 5.32 Å². The van der Waals surface area contributed by atoms with E-state index in [1.807, 2.05) is 49.4 Å². The summed E-state index contributed by atoms with van der Waals surface area (Å²) in [6.45, 7) is 2.01. The zero-order valence-corrected chi connectivity index (χ0v) is 13.4. The van der Waals surface area contributed by atoms with Gasteiger partial charge in [0.25, 0.3) is 5.91 Å². The number of amidine groups is 1. The Bertz CT molecular complexity index is 799. The quantitative estimate of drug-likeness (QED) is 0.822. The fourth-order valence-electron chi connectivity index (χ4n) is 2.03. The smallest absolute Gasteiger partial charge is 0.264 e. The molecule has 0 atom stereocenters. The summed E-state index contributed by atoms with van der Waals surface area (Å²) >= 11 is 7.43. The number of hydrogen-bond donors (Lipinski definition) is 1. The van der Waals surface area contributed by atoms with Crippen molar-refractivity contribution in [3.63, 3.8) is 0 Å².